The molecule has 0 radical (unpaired) electrons. The van der Waals surface area contributed by atoms with Gasteiger partial charge in [-0.15, -0.1) is 0 Å². The number of primary amides is 1. The van der Waals surface area contributed by atoms with Gasteiger partial charge in [0.25, 0.3) is 5.91 Å². The van der Waals surface area contributed by atoms with Crippen molar-refractivity contribution in [1.29, 1.82) is 0 Å². The number of carbonyl (C=O) groups is 1. The molecule has 1 heterocycles. The van der Waals surface area contributed by atoms with Gasteiger partial charge in [0.15, 0.2) is 0 Å². The Bertz CT molecular complexity index is 970. The molecule has 1 atom stereocenters. The maximum atomic E-state index is 11.8. The second-order valence-corrected chi connectivity index (χ2v) is 6.64. The van der Waals surface area contributed by atoms with Crippen LogP contribution in [-0.4, -0.2) is 31.1 Å². The Kier molecular flexibility index (Phi) is 6.11. The lowest BCUT2D eigenvalue weighted by Crippen LogP contribution is -2.24. The SMILES string of the molecule is CCOc1ccc(C(CNC)Nc2c(C)cnc3c(C(N)=O)cccc23)cc1. The zero-order valence-electron chi connectivity index (χ0n) is 16.5. The number of pyridine rings is 1. The molecule has 0 aliphatic carbocycles. The first kappa shape index (κ1) is 19.6. The third kappa shape index (κ3) is 4.07. The van der Waals surface area contributed by atoms with E-state index in [0.717, 1.165) is 34.5 Å². The number of hydrogen-bond acceptors (Lipinski definition) is 5. The summed E-state index contributed by atoms with van der Waals surface area (Å²) in [5, 5.41) is 7.75. The number of benzene rings is 2. The number of amides is 1. The molecule has 0 saturated heterocycles. The summed E-state index contributed by atoms with van der Waals surface area (Å²) in [6, 6.07) is 13.6. The van der Waals surface area contributed by atoms with Gasteiger partial charge in [0.1, 0.15) is 5.75 Å². The monoisotopic (exact) mass is 378 g/mol. The van der Waals surface area contributed by atoms with E-state index in [9.17, 15) is 4.79 Å². The number of likely N-dealkylation sites (N-methyl/N-ethyl adjacent to an activating group) is 1. The minimum atomic E-state index is -0.480. The van der Waals surface area contributed by atoms with Crippen molar-refractivity contribution < 1.29 is 9.53 Å². The van der Waals surface area contributed by atoms with Crippen molar-refractivity contribution in [2.45, 2.75) is 19.9 Å². The van der Waals surface area contributed by atoms with Gasteiger partial charge in [-0.05, 0) is 50.2 Å². The number of carbonyl (C=O) groups excluding carboxylic acids is 1. The number of nitrogens with zero attached hydrogens (tertiary/aromatic N) is 1. The molecule has 6 nitrogen and oxygen atoms in total. The van der Waals surface area contributed by atoms with E-state index in [4.69, 9.17) is 10.5 Å². The van der Waals surface area contributed by atoms with Crippen LogP contribution in [0.15, 0.2) is 48.7 Å². The van der Waals surface area contributed by atoms with E-state index in [2.05, 4.69) is 27.8 Å². The van der Waals surface area contributed by atoms with Crippen LogP contribution in [0.5, 0.6) is 5.75 Å². The molecular formula is C22H26N4O2. The summed E-state index contributed by atoms with van der Waals surface area (Å²) in [6.07, 6.45) is 1.77. The normalized spacial score (nSPS) is 12.0. The third-order valence-corrected chi connectivity index (χ3v) is 4.67. The van der Waals surface area contributed by atoms with E-state index < -0.39 is 5.91 Å². The number of aromatic nitrogens is 1. The van der Waals surface area contributed by atoms with Crippen LogP contribution in [-0.2, 0) is 0 Å². The van der Waals surface area contributed by atoms with E-state index in [1.807, 2.05) is 45.2 Å². The van der Waals surface area contributed by atoms with Gasteiger partial charge in [0.2, 0.25) is 0 Å². The number of nitrogens with two attached hydrogens (primary N) is 1. The van der Waals surface area contributed by atoms with Crippen molar-refractivity contribution in [3.63, 3.8) is 0 Å². The number of ether oxygens (including phenoxy) is 1. The maximum absolute atomic E-state index is 11.8. The van der Waals surface area contributed by atoms with Crippen LogP contribution in [0, 0.1) is 6.92 Å². The van der Waals surface area contributed by atoms with E-state index in [1.54, 1.807) is 12.3 Å². The molecule has 0 aliphatic rings. The molecule has 0 saturated carbocycles. The molecule has 1 amide bonds. The van der Waals surface area contributed by atoms with Crippen LogP contribution in [0.3, 0.4) is 0 Å². The smallest absolute Gasteiger partial charge is 0.250 e. The van der Waals surface area contributed by atoms with E-state index in [0.29, 0.717) is 17.7 Å². The summed E-state index contributed by atoms with van der Waals surface area (Å²) < 4.78 is 5.54. The maximum Gasteiger partial charge on any atom is 0.250 e. The Morgan fingerprint density at radius 1 is 1.21 bits per heavy atom. The molecule has 1 aromatic heterocycles. The van der Waals surface area contributed by atoms with Gasteiger partial charge in [-0.25, -0.2) is 0 Å². The molecule has 28 heavy (non-hydrogen) atoms. The van der Waals surface area contributed by atoms with Gasteiger partial charge in [-0.2, -0.15) is 0 Å². The van der Waals surface area contributed by atoms with Gasteiger partial charge in [-0.3, -0.25) is 9.78 Å². The lowest BCUT2D eigenvalue weighted by Gasteiger charge is -2.23. The summed E-state index contributed by atoms with van der Waals surface area (Å²) in [7, 11) is 1.92. The van der Waals surface area contributed by atoms with Gasteiger partial charge >= 0.3 is 0 Å². The predicted octanol–water partition coefficient (Wildman–Crippen LogP) is 3.41. The summed E-state index contributed by atoms with van der Waals surface area (Å²) in [5.41, 5.74) is 9.64. The highest BCUT2D eigenvalue weighted by molar-refractivity contribution is 6.07. The Balaban J connectivity index is 2.01. The number of hydrogen-bond donors (Lipinski definition) is 3. The average molecular weight is 378 g/mol. The van der Waals surface area contributed by atoms with Gasteiger partial charge in [-0.1, -0.05) is 24.3 Å². The summed E-state index contributed by atoms with van der Waals surface area (Å²) >= 11 is 0. The summed E-state index contributed by atoms with van der Waals surface area (Å²) in [5.74, 6) is 0.372. The fourth-order valence-electron chi connectivity index (χ4n) is 3.31. The Labute approximate surface area is 165 Å². The van der Waals surface area contributed by atoms with Gasteiger partial charge in [0, 0.05) is 23.8 Å². The second kappa shape index (κ2) is 8.71. The van der Waals surface area contributed by atoms with Crippen molar-refractivity contribution in [3.05, 3.63) is 65.4 Å². The van der Waals surface area contributed by atoms with Crippen molar-refractivity contribution in [3.8, 4) is 5.75 Å². The number of aryl methyl sites for hydroxylation is 1. The number of anilines is 1. The molecule has 6 heteroatoms. The fraction of sp³-hybridized carbons (Fsp3) is 0.273. The fourth-order valence-corrected chi connectivity index (χ4v) is 3.31. The quantitative estimate of drug-likeness (QED) is 0.559. The van der Waals surface area contributed by atoms with Crippen LogP contribution < -0.4 is 21.1 Å². The molecule has 0 bridgehead atoms. The van der Waals surface area contributed by atoms with Crippen LogP contribution in [0.25, 0.3) is 10.9 Å². The average Bonchev–Trinajstić information content (AvgIpc) is 2.69. The number of nitrogens with one attached hydrogen (secondary N) is 2. The molecule has 2 aromatic carbocycles. The molecule has 0 fully saturated rings. The Morgan fingerprint density at radius 2 is 1.96 bits per heavy atom. The highest BCUT2D eigenvalue weighted by Crippen LogP contribution is 2.31. The molecular weight excluding hydrogens is 352 g/mol. The Hall–Kier alpha value is -3.12. The van der Waals surface area contributed by atoms with E-state index in [1.165, 1.54) is 0 Å². The minimum absolute atomic E-state index is 0.0298. The second-order valence-electron chi connectivity index (χ2n) is 6.64. The molecule has 0 spiro atoms. The summed E-state index contributed by atoms with van der Waals surface area (Å²) in [6.45, 7) is 5.34. The largest absolute Gasteiger partial charge is 0.494 e. The number of para-hydroxylation sites is 1. The molecule has 3 aromatic rings. The summed E-state index contributed by atoms with van der Waals surface area (Å²) in [4.78, 5) is 16.2. The highest BCUT2D eigenvalue weighted by atomic mass is 16.5. The van der Waals surface area contributed by atoms with Crippen molar-refractivity contribution >= 4 is 22.5 Å². The van der Waals surface area contributed by atoms with Crippen LogP contribution >= 0.6 is 0 Å². The van der Waals surface area contributed by atoms with E-state index >= 15 is 0 Å². The lowest BCUT2D eigenvalue weighted by atomic mass is 10.0. The zero-order chi connectivity index (χ0) is 20.1. The molecule has 1 unspecified atom stereocenters. The van der Waals surface area contributed by atoms with E-state index in [-0.39, 0.29) is 6.04 Å². The van der Waals surface area contributed by atoms with Crippen molar-refractivity contribution in [2.75, 3.05) is 25.5 Å². The first-order valence-electron chi connectivity index (χ1n) is 9.37. The van der Waals surface area contributed by atoms with Crippen molar-refractivity contribution in [2.24, 2.45) is 5.73 Å². The lowest BCUT2D eigenvalue weighted by molar-refractivity contribution is 0.100. The first-order chi connectivity index (χ1) is 13.5. The Morgan fingerprint density at radius 3 is 2.61 bits per heavy atom. The van der Waals surface area contributed by atoms with Crippen molar-refractivity contribution in [1.82, 2.24) is 10.3 Å². The zero-order valence-corrected chi connectivity index (χ0v) is 16.5. The van der Waals surface area contributed by atoms with Crippen LogP contribution in [0.1, 0.15) is 34.5 Å². The number of fused-ring (bicyclic) bond motifs is 1. The predicted molar refractivity (Wildman–Crippen MR) is 113 cm³/mol. The molecule has 4 N–H and O–H groups in total. The first-order valence-corrected chi connectivity index (χ1v) is 9.37. The van der Waals surface area contributed by atoms with Gasteiger partial charge in [0.05, 0.1) is 23.7 Å². The topological polar surface area (TPSA) is 89.3 Å². The van der Waals surface area contributed by atoms with Crippen LogP contribution in [0.2, 0.25) is 0 Å². The third-order valence-electron chi connectivity index (χ3n) is 4.67. The van der Waals surface area contributed by atoms with Crippen LogP contribution in [0.4, 0.5) is 5.69 Å². The molecule has 146 valence electrons. The molecule has 3 rings (SSSR count). The van der Waals surface area contributed by atoms with Gasteiger partial charge < -0.3 is 21.1 Å². The molecule has 0 aliphatic heterocycles. The minimum Gasteiger partial charge on any atom is -0.494 e. The standard InChI is InChI=1S/C22H26N4O2/c1-4-28-16-10-8-15(9-11-16)19(13-24-3)26-20-14(2)12-25-21-17(20)6-5-7-18(21)22(23)27/h5-12,19,24H,4,13H2,1-3H3,(H2,23,27)(H,25,26). The highest BCUT2D eigenvalue weighted by Gasteiger charge is 2.17. The number of rotatable bonds is 8.